The minimum atomic E-state index is -2.83. The Kier molecular flexibility index (Phi) is 7.12. The van der Waals surface area contributed by atoms with Crippen LogP contribution in [0.1, 0.15) is 39.5 Å². The molecule has 0 aliphatic rings. The fourth-order valence-electron chi connectivity index (χ4n) is 1.99. The summed E-state index contributed by atoms with van der Waals surface area (Å²) in [6.45, 7) is 1.34. The van der Waals surface area contributed by atoms with Crippen LogP contribution in [0.3, 0.4) is 0 Å². The van der Waals surface area contributed by atoms with Crippen LogP contribution in [0.4, 0.5) is 14.5 Å². The molecule has 0 spiro atoms. The summed E-state index contributed by atoms with van der Waals surface area (Å²) in [6.07, 6.45) is 4.43. The summed E-state index contributed by atoms with van der Waals surface area (Å²) in [5.74, 6) is 0.748. The molecule has 3 nitrogen and oxygen atoms in total. The summed E-state index contributed by atoms with van der Waals surface area (Å²) < 4.78 is 34.4. The van der Waals surface area contributed by atoms with Crippen LogP contribution < -0.4 is 14.8 Å². The molecule has 1 aromatic carbocycles. The van der Waals surface area contributed by atoms with Gasteiger partial charge in [-0.15, -0.1) is 0 Å². The van der Waals surface area contributed by atoms with Crippen molar-refractivity contribution in [2.75, 3.05) is 12.4 Å². The third-order valence-electron chi connectivity index (χ3n) is 3.05. The topological polar surface area (TPSA) is 30.5 Å². The van der Waals surface area contributed by atoms with Crippen LogP contribution in [-0.4, -0.2) is 19.8 Å². The Bertz CT molecular complexity index is 399. The molecule has 20 heavy (non-hydrogen) atoms. The molecule has 0 heterocycles. The molecule has 0 aliphatic carbocycles. The maximum Gasteiger partial charge on any atom is 0.387 e. The van der Waals surface area contributed by atoms with Gasteiger partial charge in [-0.25, -0.2) is 0 Å². The zero-order valence-electron chi connectivity index (χ0n) is 12.3. The van der Waals surface area contributed by atoms with Gasteiger partial charge in [-0.1, -0.05) is 26.2 Å². The SMILES string of the molecule is CCCCCC(C)Nc1cc(OC)ccc1OC(F)F. The highest BCUT2D eigenvalue weighted by Gasteiger charge is 2.12. The first kappa shape index (κ1) is 16.5. The molecule has 5 heteroatoms. The first-order valence-corrected chi connectivity index (χ1v) is 6.96. The fourth-order valence-corrected chi connectivity index (χ4v) is 1.99. The van der Waals surface area contributed by atoms with E-state index in [-0.39, 0.29) is 11.8 Å². The number of alkyl halides is 2. The highest BCUT2D eigenvalue weighted by molar-refractivity contribution is 5.60. The van der Waals surface area contributed by atoms with Crippen molar-refractivity contribution in [1.82, 2.24) is 0 Å². The molecule has 1 rings (SSSR count). The molecule has 1 aromatic rings. The Morgan fingerprint density at radius 3 is 2.60 bits per heavy atom. The second-order valence-electron chi connectivity index (χ2n) is 4.78. The van der Waals surface area contributed by atoms with E-state index in [9.17, 15) is 8.78 Å². The van der Waals surface area contributed by atoms with Gasteiger partial charge in [0.1, 0.15) is 11.5 Å². The number of halogens is 2. The van der Waals surface area contributed by atoms with Crippen molar-refractivity contribution >= 4 is 5.69 Å². The molecule has 0 bridgehead atoms. The third-order valence-corrected chi connectivity index (χ3v) is 3.05. The lowest BCUT2D eigenvalue weighted by Crippen LogP contribution is -2.16. The van der Waals surface area contributed by atoms with Crippen molar-refractivity contribution < 1.29 is 18.3 Å². The lowest BCUT2D eigenvalue weighted by atomic mass is 10.1. The number of hydrogen-bond acceptors (Lipinski definition) is 3. The summed E-state index contributed by atoms with van der Waals surface area (Å²) in [6, 6.07) is 4.96. The van der Waals surface area contributed by atoms with E-state index in [1.807, 2.05) is 6.92 Å². The predicted octanol–water partition coefficient (Wildman–Crippen LogP) is 4.68. The second-order valence-corrected chi connectivity index (χ2v) is 4.78. The van der Waals surface area contributed by atoms with Crippen molar-refractivity contribution in [3.8, 4) is 11.5 Å². The van der Waals surface area contributed by atoms with Crippen molar-refractivity contribution in [3.63, 3.8) is 0 Å². The lowest BCUT2D eigenvalue weighted by Gasteiger charge is -2.18. The molecule has 0 saturated heterocycles. The third kappa shape index (κ3) is 5.63. The van der Waals surface area contributed by atoms with Gasteiger partial charge in [0.15, 0.2) is 0 Å². The maximum atomic E-state index is 12.4. The van der Waals surface area contributed by atoms with Gasteiger partial charge in [-0.3, -0.25) is 0 Å². The Morgan fingerprint density at radius 2 is 2.00 bits per heavy atom. The summed E-state index contributed by atoms with van der Waals surface area (Å²) in [4.78, 5) is 0. The van der Waals surface area contributed by atoms with Crippen molar-refractivity contribution in [2.45, 2.75) is 52.2 Å². The average Bonchev–Trinajstić information content (AvgIpc) is 2.40. The Balaban J connectivity index is 2.73. The maximum absolute atomic E-state index is 12.4. The largest absolute Gasteiger partial charge is 0.497 e. The van der Waals surface area contributed by atoms with E-state index in [0.29, 0.717) is 11.4 Å². The van der Waals surface area contributed by atoms with Crippen molar-refractivity contribution in [1.29, 1.82) is 0 Å². The average molecular weight is 287 g/mol. The van der Waals surface area contributed by atoms with Crippen molar-refractivity contribution in [2.24, 2.45) is 0 Å². The molecule has 0 aliphatic heterocycles. The van der Waals surface area contributed by atoms with Crippen molar-refractivity contribution in [3.05, 3.63) is 18.2 Å². The molecule has 114 valence electrons. The summed E-state index contributed by atoms with van der Waals surface area (Å²) in [5, 5.41) is 3.21. The molecular weight excluding hydrogens is 264 g/mol. The van der Waals surface area contributed by atoms with Crippen LogP contribution in [0.25, 0.3) is 0 Å². The van der Waals surface area contributed by atoms with Gasteiger partial charge in [-0.05, 0) is 25.5 Å². The van der Waals surface area contributed by atoms with E-state index in [1.54, 1.807) is 12.1 Å². The van der Waals surface area contributed by atoms with Gasteiger partial charge in [0.25, 0.3) is 0 Å². The standard InChI is InChI=1S/C15H23F2NO2/c1-4-5-6-7-11(2)18-13-10-12(19-3)8-9-14(13)20-15(16)17/h8-11,15,18H,4-7H2,1-3H3. The van der Waals surface area contributed by atoms with Gasteiger partial charge in [-0.2, -0.15) is 8.78 Å². The normalized spacial score (nSPS) is 12.3. The number of anilines is 1. The van der Waals surface area contributed by atoms with Gasteiger partial charge in [0.2, 0.25) is 0 Å². The molecule has 1 unspecified atom stereocenters. The highest BCUT2D eigenvalue weighted by atomic mass is 19.3. The van der Waals surface area contributed by atoms with Gasteiger partial charge in [0.05, 0.1) is 12.8 Å². The molecule has 0 saturated carbocycles. The van der Waals surface area contributed by atoms with Crippen LogP contribution in [0.5, 0.6) is 11.5 Å². The van der Waals surface area contributed by atoms with Crippen LogP contribution >= 0.6 is 0 Å². The van der Waals surface area contributed by atoms with Gasteiger partial charge >= 0.3 is 6.61 Å². The fraction of sp³-hybridized carbons (Fsp3) is 0.600. The number of rotatable bonds is 9. The number of ether oxygens (including phenoxy) is 2. The van der Waals surface area contributed by atoms with Gasteiger partial charge < -0.3 is 14.8 Å². The van der Waals surface area contributed by atoms with E-state index in [1.165, 1.54) is 19.6 Å². The zero-order valence-corrected chi connectivity index (χ0v) is 12.3. The number of unbranched alkanes of at least 4 members (excludes halogenated alkanes) is 2. The smallest absolute Gasteiger partial charge is 0.387 e. The molecule has 0 radical (unpaired) electrons. The molecule has 0 amide bonds. The number of nitrogens with one attached hydrogen (secondary N) is 1. The zero-order chi connectivity index (χ0) is 15.0. The molecule has 0 fully saturated rings. The quantitative estimate of drug-likeness (QED) is 0.669. The lowest BCUT2D eigenvalue weighted by molar-refractivity contribution is -0.0494. The van der Waals surface area contributed by atoms with Crippen LogP contribution in [0.2, 0.25) is 0 Å². The summed E-state index contributed by atoms with van der Waals surface area (Å²) >= 11 is 0. The molecule has 0 aromatic heterocycles. The van der Waals surface area contributed by atoms with E-state index in [0.717, 1.165) is 19.3 Å². The minimum Gasteiger partial charge on any atom is -0.497 e. The van der Waals surface area contributed by atoms with Crippen LogP contribution in [-0.2, 0) is 0 Å². The predicted molar refractivity (Wildman–Crippen MR) is 76.9 cm³/mol. The summed E-state index contributed by atoms with van der Waals surface area (Å²) in [5.41, 5.74) is 0.536. The second kappa shape index (κ2) is 8.61. The van der Waals surface area contributed by atoms with Crippen LogP contribution in [0, 0.1) is 0 Å². The van der Waals surface area contributed by atoms with E-state index >= 15 is 0 Å². The van der Waals surface area contributed by atoms with E-state index < -0.39 is 6.61 Å². The number of benzene rings is 1. The Morgan fingerprint density at radius 1 is 1.25 bits per heavy atom. The highest BCUT2D eigenvalue weighted by Crippen LogP contribution is 2.31. The van der Waals surface area contributed by atoms with Gasteiger partial charge in [0, 0.05) is 12.1 Å². The Labute approximate surface area is 119 Å². The first-order chi connectivity index (χ1) is 9.56. The van der Waals surface area contributed by atoms with E-state index in [4.69, 9.17) is 4.74 Å². The van der Waals surface area contributed by atoms with E-state index in [2.05, 4.69) is 17.0 Å². The molecule has 1 atom stereocenters. The number of methoxy groups -OCH3 is 1. The molecule has 1 N–H and O–H groups in total. The first-order valence-electron chi connectivity index (χ1n) is 6.96. The van der Waals surface area contributed by atoms with Crippen LogP contribution in [0.15, 0.2) is 18.2 Å². The number of hydrogen-bond donors (Lipinski definition) is 1. The Hall–Kier alpha value is -1.52. The monoisotopic (exact) mass is 287 g/mol. The summed E-state index contributed by atoms with van der Waals surface area (Å²) in [7, 11) is 1.54. The minimum absolute atomic E-state index is 0.142. The molecular formula is C15H23F2NO2.